The van der Waals surface area contributed by atoms with Crippen LogP contribution in [0.5, 0.6) is 0 Å². The molecule has 31 heavy (non-hydrogen) atoms. The van der Waals surface area contributed by atoms with Gasteiger partial charge in [0.25, 0.3) is 11.5 Å². The summed E-state index contributed by atoms with van der Waals surface area (Å²) in [6, 6.07) is 15.2. The van der Waals surface area contributed by atoms with Gasteiger partial charge in [0.1, 0.15) is 15.8 Å². The topological polar surface area (TPSA) is 75.9 Å². The van der Waals surface area contributed by atoms with E-state index in [2.05, 4.69) is 10.3 Å². The first-order valence-electron chi connectivity index (χ1n) is 9.62. The third-order valence-electron chi connectivity index (χ3n) is 4.74. The van der Waals surface area contributed by atoms with Crippen molar-refractivity contribution < 1.29 is 9.53 Å². The average Bonchev–Trinajstić information content (AvgIpc) is 3.06. The Bertz CT molecular complexity index is 1220. The van der Waals surface area contributed by atoms with Gasteiger partial charge in [-0.15, -0.1) is 0 Å². The van der Waals surface area contributed by atoms with Gasteiger partial charge in [-0.2, -0.15) is 0 Å². The minimum absolute atomic E-state index is 0.237. The summed E-state index contributed by atoms with van der Waals surface area (Å²) < 4.78 is 6.97. The standard InChI is InChI=1S/C22H20N4O3S2/c1-29-12-11-26-21(28)17(31-22(26)30)13-16-19(23-14-15-7-3-2-4-8-15)24-18-9-5-6-10-25(18)20(16)27/h2-10,13,23H,11-12,14H2,1H3. The fraction of sp³-hybridized carbons (Fsp3) is 0.182. The van der Waals surface area contributed by atoms with Gasteiger partial charge >= 0.3 is 0 Å². The number of carbonyl (C=O) groups excluding carboxylic acids is 1. The van der Waals surface area contributed by atoms with Crippen molar-refractivity contribution in [2.45, 2.75) is 6.54 Å². The van der Waals surface area contributed by atoms with Crippen LogP contribution in [0.2, 0.25) is 0 Å². The summed E-state index contributed by atoms with van der Waals surface area (Å²) in [5, 5.41) is 3.25. The lowest BCUT2D eigenvalue weighted by molar-refractivity contribution is -0.122. The van der Waals surface area contributed by atoms with Crippen molar-refractivity contribution in [3.05, 3.63) is 81.1 Å². The Morgan fingerprint density at radius 2 is 1.94 bits per heavy atom. The summed E-state index contributed by atoms with van der Waals surface area (Å²) in [5.74, 6) is 0.181. The number of ether oxygens (including phenoxy) is 1. The highest BCUT2D eigenvalue weighted by Crippen LogP contribution is 2.32. The third-order valence-corrected chi connectivity index (χ3v) is 6.12. The molecule has 1 saturated heterocycles. The quantitative estimate of drug-likeness (QED) is 0.436. The van der Waals surface area contributed by atoms with E-state index in [1.54, 1.807) is 31.5 Å². The highest BCUT2D eigenvalue weighted by molar-refractivity contribution is 8.26. The second-order valence-corrected chi connectivity index (χ2v) is 8.45. The molecule has 1 fully saturated rings. The molecule has 0 atom stereocenters. The summed E-state index contributed by atoms with van der Waals surface area (Å²) in [7, 11) is 1.57. The molecule has 9 heteroatoms. The fourth-order valence-corrected chi connectivity index (χ4v) is 4.45. The molecule has 0 aliphatic carbocycles. The van der Waals surface area contributed by atoms with Gasteiger partial charge in [-0.05, 0) is 23.8 Å². The van der Waals surface area contributed by atoms with Gasteiger partial charge in [-0.1, -0.05) is 60.4 Å². The molecule has 1 amide bonds. The number of anilines is 1. The van der Waals surface area contributed by atoms with Crippen LogP contribution in [0.3, 0.4) is 0 Å². The lowest BCUT2D eigenvalue weighted by Gasteiger charge is -2.13. The van der Waals surface area contributed by atoms with E-state index in [1.165, 1.54) is 21.1 Å². The number of benzene rings is 1. The number of methoxy groups -OCH3 is 1. The van der Waals surface area contributed by atoms with E-state index < -0.39 is 0 Å². The molecule has 0 saturated carbocycles. The summed E-state index contributed by atoms with van der Waals surface area (Å²) >= 11 is 6.51. The number of hydrogen-bond acceptors (Lipinski definition) is 7. The zero-order valence-corrected chi connectivity index (χ0v) is 18.4. The van der Waals surface area contributed by atoms with Crippen LogP contribution in [0.4, 0.5) is 5.82 Å². The largest absolute Gasteiger partial charge is 0.383 e. The summed E-state index contributed by atoms with van der Waals surface area (Å²) in [5.41, 5.74) is 1.62. The molecular formula is C22H20N4O3S2. The molecular weight excluding hydrogens is 432 g/mol. The Balaban J connectivity index is 1.74. The molecule has 3 heterocycles. The molecule has 1 aromatic carbocycles. The van der Waals surface area contributed by atoms with Crippen molar-refractivity contribution in [3.63, 3.8) is 0 Å². The molecule has 158 valence electrons. The van der Waals surface area contributed by atoms with Crippen molar-refractivity contribution in [2.24, 2.45) is 0 Å². The number of rotatable bonds is 7. The average molecular weight is 453 g/mol. The Labute approximate surface area is 188 Å². The van der Waals surface area contributed by atoms with Crippen molar-refractivity contribution in [2.75, 3.05) is 25.6 Å². The van der Waals surface area contributed by atoms with Crippen LogP contribution < -0.4 is 10.9 Å². The first-order chi connectivity index (χ1) is 15.1. The number of aromatic nitrogens is 2. The summed E-state index contributed by atoms with van der Waals surface area (Å²) in [6.07, 6.45) is 3.24. The van der Waals surface area contributed by atoms with E-state index in [9.17, 15) is 9.59 Å². The monoisotopic (exact) mass is 452 g/mol. The Morgan fingerprint density at radius 3 is 2.71 bits per heavy atom. The van der Waals surface area contributed by atoms with Gasteiger partial charge in [-0.3, -0.25) is 18.9 Å². The highest BCUT2D eigenvalue weighted by Gasteiger charge is 2.32. The molecule has 4 rings (SSSR count). The molecule has 1 aliphatic rings. The number of nitrogens with one attached hydrogen (secondary N) is 1. The van der Waals surface area contributed by atoms with Crippen molar-refractivity contribution in [1.29, 1.82) is 0 Å². The van der Waals surface area contributed by atoms with Gasteiger partial charge in [0.05, 0.1) is 23.6 Å². The molecule has 0 bridgehead atoms. The van der Waals surface area contributed by atoms with E-state index in [-0.39, 0.29) is 11.5 Å². The van der Waals surface area contributed by atoms with Gasteiger partial charge in [-0.25, -0.2) is 4.98 Å². The number of thioether (sulfide) groups is 1. The van der Waals surface area contributed by atoms with Gasteiger partial charge in [0.15, 0.2) is 0 Å². The van der Waals surface area contributed by atoms with E-state index in [4.69, 9.17) is 17.0 Å². The zero-order chi connectivity index (χ0) is 21.8. The predicted octanol–water partition coefficient (Wildman–Crippen LogP) is 3.15. The zero-order valence-electron chi connectivity index (χ0n) is 16.8. The van der Waals surface area contributed by atoms with Crippen LogP contribution in [-0.4, -0.2) is 44.8 Å². The lowest BCUT2D eigenvalue weighted by Crippen LogP contribution is -2.31. The Morgan fingerprint density at radius 1 is 1.16 bits per heavy atom. The molecule has 0 radical (unpaired) electrons. The van der Waals surface area contributed by atoms with Crippen molar-refractivity contribution >= 4 is 51.7 Å². The SMILES string of the molecule is COCCN1C(=O)C(=Cc2c(NCc3ccccc3)nc3ccccn3c2=O)SC1=S. The second kappa shape index (κ2) is 9.42. The molecule has 3 aromatic rings. The molecule has 7 nitrogen and oxygen atoms in total. The number of hydrogen-bond donors (Lipinski definition) is 1. The normalized spacial score (nSPS) is 15.3. The molecule has 0 spiro atoms. The van der Waals surface area contributed by atoms with E-state index in [0.717, 1.165) is 5.56 Å². The maximum absolute atomic E-state index is 13.2. The van der Waals surface area contributed by atoms with E-state index in [0.29, 0.717) is 46.0 Å². The van der Waals surface area contributed by atoms with Crippen LogP contribution >= 0.6 is 24.0 Å². The number of nitrogens with zero attached hydrogens (tertiary/aromatic N) is 3. The van der Waals surface area contributed by atoms with Gasteiger partial charge < -0.3 is 10.1 Å². The van der Waals surface area contributed by atoms with Crippen LogP contribution in [-0.2, 0) is 16.1 Å². The maximum Gasteiger partial charge on any atom is 0.267 e. The minimum atomic E-state index is -0.261. The number of pyridine rings is 1. The minimum Gasteiger partial charge on any atom is -0.383 e. The lowest BCUT2D eigenvalue weighted by atomic mass is 10.2. The molecule has 1 aliphatic heterocycles. The van der Waals surface area contributed by atoms with Crippen molar-refractivity contribution in [1.82, 2.24) is 14.3 Å². The van der Waals surface area contributed by atoms with Crippen LogP contribution in [0, 0.1) is 0 Å². The van der Waals surface area contributed by atoms with Crippen LogP contribution in [0.15, 0.2) is 64.4 Å². The first kappa shape index (κ1) is 21.2. The smallest absolute Gasteiger partial charge is 0.267 e. The van der Waals surface area contributed by atoms with Crippen LogP contribution in [0.25, 0.3) is 11.7 Å². The molecule has 2 aromatic heterocycles. The number of carbonyl (C=O) groups is 1. The Kier molecular flexibility index (Phi) is 6.45. The molecule has 0 unspecified atom stereocenters. The van der Waals surface area contributed by atoms with Gasteiger partial charge in [0.2, 0.25) is 0 Å². The molecule has 1 N–H and O–H groups in total. The highest BCUT2D eigenvalue weighted by atomic mass is 32.2. The second-order valence-electron chi connectivity index (χ2n) is 6.77. The maximum atomic E-state index is 13.2. The van der Waals surface area contributed by atoms with Crippen molar-refractivity contribution in [3.8, 4) is 0 Å². The Hall–Kier alpha value is -3.01. The summed E-state index contributed by atoms with van der Waals surface area (Å²) in [4.78, 5) is 32.6. The number of fused-ring (bicyclic) bond motifs is 1. The number of amides is 1. The van der Waals surface area contributed by atoms with E-state index in [1.807, 2.05) is 36.4 Å². The van der Waals surface area contributed by atoms with Gasteiger partial charge in [0, 0.05) is 19.9 Å². The first-order valence-corrected chi connectivity index (χ1v) is 10.8. The van der Waals surface area contributed by atoms with E-state index >= 15 is 0 Å². The summed E-state index contributed by atoms with van der Waals surface area (Å²) in [6.45, 7) is 1.24. The number of thiocarbonyl (C=S) groups is 1. The third kappa shape index (κ3) is 4.53. The predicted molar refractivity (Wildman–Crippen MR) is 127 cm³/mol. The fourth-order valence-electron chi connectivity index (χ4n) is 3.16. The van der Waals surface area contributed by atoms with Crippen LogP contribution in [0.1, 0.15) is 11.1 Å².